The number of nitrogens with zero attached hydrogens (tertiary/aromatic N) is 3. The summed E-state index contributed by atoms with van der Waals surface area (Å²) in [6.07, 6.45) is 5.14. The maximum absolute atomic E-state index is 13.1. The fourth-order valence-corrected chi connectivity index (χ4v) is 4.42. The quantitative estimate of drug-likeness (QED) is 0.220. The normalized spacial score (nSPS) is 12.7. The fraction of sp³-hybridized carbons (Fsp3) is 0.107. The Hall–Kier alpha value is -4.14. The molecule has 0 radical (unpaired) electrons. The summed E-state index contributed by atoms with van der Waals surface area (Å²) < 4.78 is 18.5. The minimum Gasteiger partial charge on any atom is -0.606 e. The van der Waals surface area contributed by atoms with Crippen molar-refractivity contribution in [2.45, 2.75) is 16.7 Å². The van der Waals surface area contributed by atoms with E-state index in [1.807, 2.05) is 85.8 Å². The Morgan fingerprint density at radius 2 is 1.67 bits per heavy atom. The molecule has 0 aliphatic carbocycles. The second kappa shape index (κ2) is 12.0. The van der Waals surface area contributed by atoms with Crippen molar-refractivity contribution in [1.29, 1.82) is 0 Å². The van der Waals surface area contributed by atoms with Gasteiger partial charge < -0.3 is 19.9 Å². The largest absolute Gasteiger partial charge is 0.606 e. The smallest absolute Gasteiger partial charge is 0.158 e. The Kier molecular flexibility index (Phi) is 8.33. The highest BCUT2D eigenvalue weighted by Gasteiger charge is 2.15. The molecular formula is C28H27N5O2S. The summed E-state index contributed by atoms with van der Waals surface area (Å²) in [6.45, 7) is 1.95. The standard InChI is InChI=1S/C28H27N5O2S/c1-20(29-2)17-27(21-5-4-6-24(18-21)35-3)32-22-7-11-25(12-8-22)36(34)26-13-9-23(10-14-26)33-28-15-16-30-19-31-28/h4-19,32H,1-3H3,(H,30,31,33)/b27-17+,29-20-/t36-/m1/s1. The van der Waals surface area contributed by atoms with Gasteiger partial charge in [0.15, 0.2) is 9.79 Å². The molecule has 0 aliphatic heterocycles. The summed E-state index contributed by atoms with van der Waals surface area (Å²) in [7, 11) is 3.41. The minimum absolute atomic E-state index is 0.699. The van der Waals surface area contributed by atoms with Gasteiger partial charge in [0.25, 0.3) is 0 Å². The first-order valence-corrected chi connectivity index (χ1v) is 12.4. The molecule has 0 unspecified atom stereocenters. The summed E-state index contributed by atoms with van der Waals surface area (Å²) in [5.74, 6) is 1.47. The van der Waals surface area contributed by atoms with E-state index in [2.05, 4.69) is 25.6 Å². The van der Waals surface area contributed by atoms with Crippen LogP contribution in [0.3, 0.4) is 0 Å². The Morgan fingerprint density at radius 3 is 2.28 bits per heavy atom. The lowest BCUT2D eigenvalue weighted by Gasteiger charge is -2.14. The molecule has 0 amide bonds. The minimum atomic E-state index is -1.30. The van der Waals surface area contributed by atoms with Crippen molar-refractivity contribution in [2.75, 3.05) is 24.8 Å². The highest BCUT2D eigenvalue weighted by molar-refractivity contribution is 7.91. The third-order valence-corrected chi connectivity index (χ3v) is 6.76. The number of anilines is 3. The molecule has 1 aromatic heterocycles. The number of allylic oxidation sites excluding steroid dienone is 1. The molecule has 1 atom stereocenters. The molecule has 36 heavy (non-hydrogen) atoms. The lowest BCUT2D eigenvalue weighted by Crippen LogP contribution is -2.04. The lowest BCUT2D eigenvalue weighted by molar-refractivity contribution is 0.414. The van der Waals surface area contributed by atoms with E-state index >= 15 is 0 Å². The molecule has 1 heterocycles. The van der Waals surface area contributed by atoms with Crippen molar-refractivity contribution < 1.29 is 9.29 Å². The average molecular weight is 498 g/mol. The summed E-state index contributed by atoms with van der Waals surface area (Å²) in [5, 5.41) is 6.65. The SMILES string of the molecule is C/N=C(C)\C=C(\Nc1ccc([S@@+]([O-])c2ccc(Nc3ccncn3)cc2)cc1)c1cccc(OC)c1. The Labute approximate surface area is 214 Å². The monoisotopic (exact) mass is 497 g/mol. The maximum atomic E-state index is 13.1. The number of aromatic nitrogens is 2. The van der Waals surface area contributed by atoms with E-state index < -0.39 is 11.2 Å². The van der Waals surface area contributed by atoms with E-state index in [1.54, 1.807) is 26.4 Å². The zero-order chi connectivity index (χ0) is 25.3. The van der Waals surface area contributed by atoms with Crippen molar-refractivity contribution >= 4 is 39.8 Å². The van der Waals surface area contributed by atoms with Gasteiger partial charge >= 0.3 is 0 Å². The van der Waals surface area contributed by atoms with Gasteiger partial charge in [0.05, 0.1) is 7.11 Å². The van der Waals surface area contributed by atoms with E-state index in [4.69, 9.17) is 4.74 Å². The van der Waals surface area contributed by atoms with Gasteiger partial charge in [-0.15, -0.1) is 0 Å². The second-order valence-corrected chi connectivity index (χ2v) is 9.30. The number of rotatable bonds is 9. The van der Waals surface area contributed by atoms with Crippen molar-refractivity contribution in [2.24, 2.45) is 4.99 Å². The molecule has 0 saturated heterocycles. The van der Waals surface area contributed by atoms with Gasteiger partial charge in [-0.05, 0) is 79.7 Å². The predicted molar refractivity (Wildman–Crippen MR) is 146 cm³/mol. The van der Waals surface area contributed by atoms with Crippen LogP contribution in [0.15, 0.2) is 112 Å². The fourth-order valence-electron chi connectivity index (χ4n) is 3.38. The van der Waals surface area contributed by atoms with Crippen LogP contribution in [0, 0.1) is 0 Å². The van der Waals surface area contributed by atoms with Gasteiger partial charge in [-0.3, -0.25) is 4.99 Å². The highest BCUT2D eigenvalue weighted by atomic mass is 32.2. The average Bonchev–Trinajstić information content (AvgIpc) is 2.93. The summed E-state index contributed by atoms with van der Waals surface area (Å²) in [4.78, 5) is 13.8. The molecular weight excluding hydrogens is 470 g/mol. The summed E-state index contributed by atoms with van der Waals surface area (Å²) in [6, 6.07) is 24.7. The van der Waals surface area contributed by atoms with Crippen LogP contribution in [0.5, 0.6) is 5.75 Å². The number of aliphatic imine (C=N–C) groups is 1. The van der Waals surface area contributed by atoms with E-state index in [-0.39, 0.29) is 0 Å². The third-order valence-electron chi connectivity index (χ3n) is 5.36. The van der Waals surface area contributed by atoms with Crippen LogP contribution in [0.25, 0.3) is 5.70 Å². The predicted octanol–water partition coefficient (Wildman–Crippen LogP) is 5.94. The third kappa shape index (κ3) is 6.50. The van der Waals surface area contributed by atoms with Crippen molar-refractivity contribution in [3.63, 3.8) is 0 Å². The Bertz CT molecular complexity index is 1340. The zero-order valence-corrected chi connectivity index (χ0v) is 21.1. The van der Waals surface area contributed by atoms with Crippen LogP contribution in [-0.4, -0.2) is 34.4 Å². The summed E-state index contributed by atoms with van der Waals surface area (Å²) >= 11 is -1.30. The maximum Gasteiger partial charge on any atom is 0.158 e. The molecule has 0 fully saturated rings. The van der Waals surface area contributed by atoms with Crippen LogP contribution < -0.4 is 15.4 Å². The van der Waals surface area contributed by atoms with Crippen molar-refractivity contribution in [1.82, 2.24) is 9.97 Å². The van der Waals surface area contributed by atoms with Gasteiger partial charge in [-0.25, -0.2) is 9.97 Å². The van der Waals surface area contributed by atoms with Gasteiger partial charge in [0.2, 0.25) is 0 Å². The number of nitrogens with one attached hydrogen (secondary N) is 2. The zero-order valence-electron chi connectivity index (χ0n) is 20.3. The lowest BCUT2D eigenvalue weighted by atomic mass is 10.1. The molecule has 4 aromatic rings. The van der Waals surface area contributed by atoms with E-state index in [0.29, 0.717) is 5.82 Å². The van der Waals surface area contributed by atoms with Crippen molar-refractivity contribution in [3.05, 3.63) is 103 Å². The molecule has 7 nitrogen and oxygen atoms in total. The number of ether oxygens (including phenoxy) is 1. The molecule has 182 valence electrons. The Morgan fingerprint density at radius 1 is 0.972 bits per heavy atom. The van der Waals surface area contributed by atoms with Crippen molar-refractivity contribution in [3.8, 4) is 5.75 Å². The van der Waals surface area contributed by atoms with Gasteiger partial charge in [-0.1, -0.05) is 12.1 Å². The first-order chi connectivity index (χ1) is 17.6. The van der Waals surface area contributed by atoms with E-state index in [9.17, 15) is 4.55 Å². The Balaban J connectivity index is 1.48. The number of hydrogen-bond donors (Lipinski definition) is 2. The molecule has 0 spiro atoms. The molecule has 0 bridgehead atoms. The molecule has 0 saturated carbocycles. The first-order valence-electron chi connectivity index (χ1n) is 11.3. The van der Waals surface area contributed by atoms with Crippen LogP contribution in [0.1, 0.15) is 12.5 Å². The van der Waals surface area contributed by atoms with E-state index in [1.165, 1.54) is 6.33 Å². The van der Waals surface area contributed by atoms with Crippen LogP contribution in [0.4, 0.5) is 17.2 Å². The number of hydrogen-bond acceptors (Lipinski definition) is 7. The number of methoxy groups -OCH3 is 1. The topological polar surface area (TPSA) is 94.5 Å². The number of benzene rings is 3. The highest BCUT2D eigenvalue weighted by Crippen LogP contribution is 2.27. The van der Waals surface area contributed by atoms with E-state index in [0.717, 1.165) is 43.9 Å². The molecule has 0 aliphatic rings. The van der Waals surface area contributed by atoms with Gasteiger partial charge in [-0.2, -0.15) is 0 Å². The van der Waals surface area contributed by atoms with Crippen LogP contribution >= 0.6 is 0 Å². The van der Waals surface area contributed by atoms with Gasteiger partial charge in [0.1, 0.15) is 17.9 Å². The molecule has 8 heteroatoms. The van der Waals surface area contributed by atoms with Gasteiger partial charge in [0, 0.05) is 52.8 Å². The molecule has 2 N–H and O–H groups in total. The molecule has 3 aromatic carbocycles. The molecule has 4 rings (SSSR count). The van der Waals surface area contributed by atoms with Crippen LogP contribution in [0.2, 0.25) is 0 Å². The first kappa shape index (κ1) is 25.0. The van der Waals surface area contributed by atoms with Crippen LogP contribution in [-0.2, 0) is 11.2 Å². The summed E-state index contributed by atoms with van der Waals surface area (Å²) in [5.41, 5.74) is 4.48. The second-order valence-electron chi connectivity index (χ2n) is 7.82.